The quantitative estimate of drug-likeness (QED) is 0.371. The maximum atomic E-state index is 14.0. The van der Waals surface area contributed by atoms with Gasteiger partial charge in [-0.2, -0.15) is 0 Å². The zero-order valence-electron chi connectivity index (χ0n) is 27.2. The van der Waals surface area contributed by atoms with Gasteiger partial charge in [0.1, 0.15) is 0 Å². The number of benzene rings is 2. The molecule has 2 aromatic carbocycles. The molecule has 0 unspecified atom stereocenters. The molecular weight excluding hydrogens is 614 g/mol. The number of ether oxygens (including phenoxy) is 1. The minimum atomic E-state index is -0.907. The van der Waals surface area contributed by atoms with Gasteiger partial charge in [-0.15, -0.1) is 0 Å². The molecule has 6 rings (SSSR count). The van der Waals surface area contributed by atoms with Crippen LogP contribution >= 0.6 is 11.6 Å². The van der Waals surface area contributed by atoms with E-state index in [1.165, 1.54) is 12.8 Å². The molecule has 256 valence electrons. The molecule has 2 N–H and O–H groups in total. The van der Waals surface area contributed by atoms with E-state index in [1.54, 1.807) is 4.90 Å². The van der Waals surface area contributed by atoms with E-state index in [0.717, 1.165) is 66.2 Å². The van der Waals surface area contributed by atoms with Crippen LogP contribution in [0.5, 0.6) is 0 Å². The summed E-state index contributed by atoms with van der Waals surface area (Å²) < 4.78 is 6.09. The van der Waals surface area contributed by atoms with Crippen LogP contribution in [0.25, 0.3) is 0 Å². The number of fused-ring (bicyclic) bond motifs is 1. The van der Waals surface area contributed by atoms with Crippen molar-refractivity contribution in [2.75, 3.05) is 51.1 Å². The van der Waals surface area contributed by atoms with Crippen molar-refractivity contribution in [3.63, 3.8) is 0 Å². The van der Waals surface area contributed by atoms with Crippen LogP contribution in [0.15, 0.2) is 36.4 Å². The smallest absolute Gasteiger partial charge is 0.410 e. The van der Waals surface area contributed by atoms with Crippen molar-refractivity contribution in [2.45, 2.75) is 84.8 Å². The molecule has 4 aliphatic heterocycles. The van der Waals surface area contributed by atoms with Crippen LogP contribution in [0, 0.1) is 25.7 Å². The Hall–Kier alpha value is -3.30. The number of nitrogens with one attached hydrogen (secondary N) is 2. The van der Waals surface area contributed by atoms with E-state index in [9.17, 15) is 14.4 Å². The van der Waals surface area contributed by atoms with Crippen LogP contribution in [0.1, 0.15) is 68.2 Å². The minimum absolute atomic E-state index is 0. The van der Waals surface area contributed by atoms with Crippen LogP contribution in [0.2, 0.25) is 5.02 Å². The third-order valence-corrected chi connectivity index (χ3v) is 11.2. The Kier molecular flexibility index (Phi) is 11.7. The fraction of sp³-hybridized carbons (Fsp3) is 0.595. The van der Waals surface area contributed by atoms with Gasteiger partial charge in [-0.3, -0.25) is 4.79 Å². The van der Waals surface area contributed by atoms with E-state index < -0.39 is 12.2 Å². The van der Waals surface area contributed by atoms with Gasteiger partial charge in [0.05, 0.1) is 0 Å². The molecule has 0 aromatic heterocycles. The fourth-order valence-electron chi connectivity index (χ4n) is 7.95. The second kappa shape index (κ2) is 15.7. The molecule has 2 aromatic rings. The predicted octanol–water partition coefficient (Wildman–Crippen LogP) is 6.43. The number of likely N-dealkylation sites (tertiary alicyclic amines) is 2. The predicted molar refractivity (Wildman–Crippen MR) is 187 cm³/mol. The molecule has 1 atom stereocenters. The van der Waals surface area contributed by atoms with E-state index in [4.69, 9.17) is 16.3 Å². The number of hydrogen-bond acceptors (Lipinski definition) is 5. The summed E-state index contributed by atoms with van der Waals surface area (Å²) in [7, 11) is 0. The van der Waals surface area contributed by atoms with Crippen LogP contribution in [-0.2, 0) is 22.4 Å². The molecule has 10 heteroatoms. The summed E-state index contributed by atoms with van der Waals surface area (Å²) in [6.07, 6.45) is 5.48. The van der Waals surface area contributed by atoms with Gasteiger partial charge >= 0.3 is 12.1 Å². The SMILES string of the molecule is C.Cc1cc(C[C@@H](OC(=O)N2CCC(N3CCc4ccccc4NC3=O)CC2)C(=O)N2CCC(C3CCNCC3)CC2)cc(C)c1Cl. The second-order valence-electron chi connectivity index (χ2n) is 13.6. The van der Waals surface area contributed by atoms with Crippen molar-refractivity contribution in [1.29, 1.82) is 0 Å². The molecule has 0 spiro atoms. The third kappa shape index (κ3) is 8.23. The molecule has 4 aliphatic rings. The first-order valence-corrected chi connectivity index (χ1v) is 17.5. The Morgan fingerprint density at radius 3 is 2.19 bits per heavy atom. The monoisotopic (exact) mass is 665 g/mol. The first kappa shape index (κ1) is 35.0. The number of hydrogen-bond donors (Lipinski definition) is 2. The average Bonchev–Trinajstić information content (AvgIpc) is 3.25. The van der Waals surface area contributed by atoms with Gasteiger partial charge in [-0.05, 0) is 112 Å². The molecule has 4 heterocycles. The normalized spacial score (nSPS) is 20.5. The average molecular weight is 666 g/mol. The molecule has 3 fully saturated rings. The number of urea groups is 1. The van der Waals surface area contributed by atoms with Gasteiger partial charge in [0.2, 0.25) is 0 Å². The van der Waals surface area contributed by atoms with Gasteiger partial charge in [-0.25, -0.2) is 9.59 Å². The van der Waals surface area contributed by atoms with E-state index in [0.29, 0.717) is 62.9 Å². The number of carbonyl (C=O) groups excluding carboxylic acids is 3. The standard InChI is InChI=1S/C36H48ClN5O4.CH4/c1-24-21-26(22-25(2)33(24)37)23-32(34(43)40-16-9-28(10-17-40)27-7-14-38-15-8-27)46-36(45)41-18-12-30(13-19-41)42-20-11-29-5-3-4-6-31(29)39-35(42)44;/h3-6,21-22,27-28,30,32,38H,7-20,23H2,1-2H3,(H,39,44);1H4/t32-;/m1./s1. The highest BCUT2D eigenvalue weighted by Crippen LogP contribution is 2.32. The highest BCUT2D eigenvalue weighted by molar-refractivity contribution is 6.32. The Bertz CT molecular complexity index is 1390. The van der Waals surface area contributed by atoms with Crippen molar-refractivity contribution in [3.05, 3.63) is 63.7 Å². The number of aryl methyl sites for hydroxylation is 2. The summed E-state index contributed by atoms with van der Waals surface area (Å²) in [5.74, 6) is 1.26. The molecule has 0 aliphatic carbocycles. The summed E-state index contributed by atoms with van der Waals surface area (Å²) in [5.41, 5.74) is 4.83. The Labute approximate surface area is 285 Å². The molecule has 3 saturated heterocycles. The maximum Gasteiger partial charge on any atom is 0.410 e. The number of amides is 4. The second-order valence-corrected chi connectivity index (χ2v) is 14.0. The molecule has 0 bridgehead atoms. The van der Waals surface area contributed by atoms with Crippen molar-refractivity contribution in [3.8, 4) is 0 Å². The number of para-hydroxylation sites is 1. The molecule has 0 saturated carbocycles. The minimum Gasteiger partial charge on any atom is -0.436 e. The van der Waals surface area contributed by atoms with Gasteiger partial charge in [-0.1, -0.05) is 49.4 Å². The van der Waals surface area contributed by atoms with Crippen molar-refractivity contribution in [2.24, 2.45) is 11.8 Å². The van der Waals surface area contributed by atoms with E-state index in [2.05, 4.69) is 16.7 Å². The van der Waals surface area contributed by atoms with Gasteiger partial charge in [0, 0.05) is 55.9 Å². The first-order chi connectivity index (χ1) is 22.3. The lowest BCUT2D eigenvalue weighted by molar-refractivity contribution is -0.142. The Balaban J connectivity index is 0.00000433. The first-order valence-electron chi connectivity index (χ1n) is 17.1. The molecule has 4 amide bonds. The van der Waals surface area contributed by atoms with Gasteiger partial charge < -0.3 is 30.1 Å². The lowest BCUT2D eigenvalue weighted by Crippen LogP contribution is -2.52. The van der Waals surface area contributed by atoms with E-state index in [-0.39, 0.29) is 25.4 Å². The largest absolute Gasteiger partial charge is 0.436 e. The summed E-state index contributed by atoms with van der Waals surface area (Å²) in [6, 6.07) is 11.9. The van der Waals surface area contributed by atoms with E-state index >= 15 is 0 Å². The molecule has 9 nitrogen and oxygen atoms in total. The fourth-order valence-corrected chi connectivity index (χ4v) is 8.06. The van der Waals surface area contributed by atoms with E-state index in [1.807, 2.05) is 54.0 Å². The summed E-state index contributed by atoms with van der Waals surface area (Å²) in [5, 5.41) is 7.23. The van der Waals surface area contributed by atoms with Crippen molar-refractivity contribution in [1.82, 2.24) is 20.0 Å². The summed E-state index contributed by atoms with van der Waals surface area (Å²) in [6.45, 7) is 9.07. The number of halogens is 1. The number of nitrogens with zero attached hydrogens (tertiary/aromatic N) is 3. The molecule has 0 radical (unpaired) electrons. The molecular formula is C37H52ClN5O4. The van der Waals surface area contributed by atoms with Crippen LogP contribution < -0.4 is 10.6 Å². The number of anilines is 1. The number of piperidine rings is 3. The van der Waals surface area contributed by atoms with Gasteiger partial charge in [0.25, 0.3) is 5.91 Å². The lowest BCUT2D eigenvalue weighted by Gasteiger charge is -2.39. The number of carbonyl (C=O) groups is 3. The van der Waals surface area contributed by atoms with Crippen molar-refractivity contribution < 1.29 is 19.1 Å². The third-order valence-electron chi connectivity index (χ3n) is 10.6. The Morgan fingerprint density at radius 2 is 1.51 bits per heavy atom. The zero-order valence-corrected chi connectivity index (χ0v) is 28.0. The van der Waals surface area contributed by atoms with Crippen LogP contribution in [0.3, 0.4) is 0 Å². The van der Waals surface area contributed by atoms with Gasteiger partial charge in [0.15, 0.2) is 6.10 Å². The molecule has 47 heavy (non-hydrogen) atoms. The summed E-state index contributed by atoms with van der Waals surface area (Å²) >= 11 is 6.44. The highest BCUT2D eigenvalue weighted by Gasteiger charge is 2.36. The highest BCUT2D eigenvalue weighted by atomic mass is 35.5. The zero-order chi connectivity index (χ0) is 32.2. The van der Waals surface area contributed by atoms with Crippen LogP contribution in [-0.4, -0.2) is 90.7 Å². The Morgan fingerprint density at radius 1 is 0.894 bits per heavy atom. The lowest BCUT2D eigenvalue weighted by atomic mass is 9.79. The van der Waals surface area contributed by atoms with Crippen molar-refractivity contribution >= 4 is 35.3 Å². The maximum absolute atomic E-state index is 14.0. The summed E-state index contributed by atoms with van der Waals surface area (Å²) in [4.78, 5) is 46.2. The topological polar surface area (TPSA) is 94.2 Å². The number of rotatable bonds is 6. The van der Waals surface area contributed by atoms with Crippen LogP contribution in [0.4, 0.5) is 15.3 Å².